The molecule has 0 aromatic heterocycles. The van der Waals surface area contributed by atoms with E-state index in [9.17, 15) is 9.90 Å². The molecular weight excluding hydrogens is 302 g/mol. The Kier molecular flexibility index (Phi) is 5.16. The first-order valence-corrected chi connectivity index (χ1v) is 8.43. The van der Waals surface area contributed by atoms with Crippen LogP contribution < -0.4 is 0 Å². The fourth-order valence-corrected chi connectivity index (χ4v) is 3.53. The lowest BCUT2D eigenvalue weighted by molar-refractivity contribution is 0.0733. The summed E-state index contributed by atoms with van der Waals surface area (Å²) in [5.74, 6) is -0.0886. The maximum atomic E-state index is 12.4. The minimum atomic E-state index is -0.570. The van der Waals surface area contributed by atoms with E-state index in [0.29, 0.717) is 19.6 Å². The van der Waals surface area contributed by atoms with Crippen molar-refractivity contribution >= 4 is 6.09 Å². The van der Waals surface area contributed by atoms with Crippen LogP contribution in [0.3, 0.4) is 0 Å². The molecule has 1 aliphatic heterocycles. The quantitative estimate of drug-likeness (QED) is 0.937. The molecule has 1 amide bonds. The molecule has 1 fully saturated rings. The average Bonchev–Trinajstić information content (AvgIpc) is 2.99. The van der Waals surface area contributed by atoms with Gasteiger partial charge in [-0.1, -0.05) is 60.7 Å². The Hall–Kier alpha value is -2.33. The highest BCUT2D eigenvalue weighted by molar-refractivity contribution is 5.69. The molecule has 24 heavy (non-hydrogen) atoms. The third-order valence-corrected chi connectivity index (χ3v) is 4.58. The number of ether oxygens (including phenoxy) is 1. The summed E-state index contributed by atoms with van der Waals surface area (Å²) >= 11 is 0. The number of likely N-dealkylation sites (tertiary alicyclic amines) is 1. The van der Waals surface area contributed by atoms with Gasteiger partial charge in [0.25, 0.3) is 0 Å². The van der Waals surface area contributed by atoms with Crippen LogP contribution in [0.5, 0.6) is 0 Å². The molecule has 1 aliphatic rings. The first-order valence-electron chi connectivity index (χ1n) is 8.43. The van der Waals surface area contributed by atoms with Crippen LogP contribution in [-0.4, -0.2) is 41.4 Å². The Bertz CT molecular complexity index is 620. The van der Waals surface area contributed by atoms with Crippen molar-refractivity contribution in [2.45, 2.75) is 31.4 Å². The smallest absolute Gasteiger partial charge is 0.410 e. The van der Waals surface area contributed by atoms with Crippen LogP contribution in [0.15, 0.2) is 60.7 Å². The van der Waals surface area contributed by atoms with Gasteiger partial charge in [0.15, 0.2) is 0 Å². The molecule has 1 heterocycles. The second-order valence-corrected chi connectivity index (χ2v) is 6.04. The third kappa shape index (κ3) is 3.29. The Morgan fingerprint density at radius 3 is 2.17 bits per heavy atom. The van der Waals surface area contributed by atoms with E-state index in [1.54, 1.807) is 11.8 Å². The Balaban J connectivity index is 2.02. The monoisotopic (exact) mass is 325 g/mol. The van der Waals surface area contributed by atoms with Crippen LogP contribution in [0.4, 0.5) is 4.79 Å². The van der Waals surface area contributed by atoms with Crippen molar-refractivity contribution in [3.63, 3.8) is 0 Å². The molecule has 2 atom stereocenters. The Labute approximate surface area is 142 Å². The summed E-state index contributed by atoms with van der Waals surface area (Å²) in [4.78, 5) is 14.0. The summed E-state index contributed by atoms with van der Waals surface area (Å²) in [6.45, 7) is 2.64. The Morgan fingerprint density at radius 2 is 1.67 bits per heavy atom. The van der Waals surface area contributed by atoms with Crippen LogP contribution in [0.25, 0.3) is 0 Å². The fraction of sp³-hybridized carbons (Fsp3) is 0.350. The number of rotatable bonds is 4. The number of carbonyl (C=O) groups excluding carboxylic acids is 1. The molecule has 0 bridgehead atoms. The molecule has 2 aromatic rings. The van der Waals surface area contributed by atoms with Crippen LogP contribution in [0.2, 0.25) is 0 Å². The summed E-state index contributed by atoms with van der Waals surface area (Å²) in [5.41, 5.74) is 2.17. The van der Waals surface area contributed by atoms with Gasteiger partial charge in [0.1, 0.15) is 0 Å². The van der Waals surface area contributed by atoms with Gasteiger partial charge in [-0.3, -0.25) is 0 Å². The number of aliphatic hydroxyl groups is 1. The number of hydrogen-bond donors (Lipinski definition) is 1. The van der Waals surface area contributed by atoms with E-state index < -0.39 is 6.10 Å². The molecule has 0 saturated carbocycles. The van der Waals surface area contributed by atoms with E-state index in [1.807, 2.05) is 60.7 Å². The largest absolute Gasteiger partial charge is 0.450 e. The summed E-state index contributed by atoms with van der Waals surface area (Å²) in [7, 11) is 0. The zero-order valence-electron chi connectivity index (χ0n) is 13.8. The number of benzene rings is 2. The van der Waals surface area contributed by atoms with E-state index >= 15 is 0 Å². The highest BCUT2D eigenvalue weighted by Gasteiger charge is 2.42. The molecule has 0 aliphatic carbocycles. The summed E-state index contributed by atoms with van der Waals surface area (Å²) in [6.07, 6.45) is -0.352. The van der Waals surface area contributed by atoms with E-state index in [4.69, 9.17) is 4.74 Å². The highest BCUT2D eigenvalue weighted by atomic mass is 16.6. The van der Waals surface area contributed by atoms with Crippen molar-refractivity contribution in [2.24, 2.45) is 0 Å². The molecule has 2 aromatic carbocycles. The van der Waals surface area contributed by atoms with Gasteiger partial charge in [-0.05, 0) is 24.5 Å². The van der Waals surface area contributed by atoms with E-state index in [0.717, 1.165) is 11.1 Å². The standard InChI is InChI=1S/C20H23NO3/c1-2-24-20(23)21-14-13-17(22)19(21)18(15-9-5-3-6-10-15)16-11-7-4-8-12-16/h3-12,17-19,22H,2,13-14H2,1H3/t17-,19+/m1/s1. The van der Waals surface area contributed by atoms with Crippen molar-refractivity contribution in [1.29, 1.82) is 0 Å². The molecule has 1 N–H and O–H groups in total. The van der Waals surface area contributed by atoms with Crippen LogP contribution >= 0.6 is 0 Å². The van der Waals surface area contributed by atoms with Crippen LogP contribution in [-0.2, 0) is 4.74 Å². The van der Waals surface area contributed by atoms with Gasteiger partial charge in [-0.25, -0.2) is 4.79 Å². The summed E-state index contributed by atoms with van der Waals surface area (Å²) < 4.78 is 5.20. The zero-order valence-corrected chi connectivity index (χ0v) is 13.8. The lowest BCUT2D eigenvalue weighted by Gasteiger charge is -2.33. The van der Waals surface area contributed by atoms with Crippen molar-refractivity contribution in [1.82, 2.24) is 4.90 Å². The van der Waals surface area contributed by atoms with Gasteiger partial charge in [0.2, 0.25) is 0 Å². The molecule has 0 unspecified atom stereocenters. The number of amides is 1. The molecule has 4 heteroatoms. The van der Waals surface area contributed by atoms with Gasteiger partial charge in [-0.2, -0.15) is 0 Å². The molecule has 3 rings (SSSR count). The van der Waals surface area contributed by atoms with E-state index in [1.165, 1.54) is 0 Å². The van der Waals surface area contributed by atoms with Gasteiger partial charge < -0.3 is 14.7 Å². The van der Waals surface area contributed by atoms with E-state index in [-0.39, 0.29) is 18.1 Å². The molecule has 0 radical (unpaired) electrons. The maximum Gasteiger partial charge on any atom is 0.410 e. The molecule has 0 spiro atoms. The SMILES string of the molecule is CCOC(=O)N1CC[C@@H](O)[C@H]1C(c1ccccc1)c1ccccc1. The topological polar surface area (TPSA) is 49.8 Å². The number of hydrogen-bond acceptors (Lipinski definition) is 3. The minimum Gasteiger partial charge on any atom is -0.450 e. The van der Waals surface area contributed by atoms with Gasteiger partial charge in [0.05, 0.1) is 18.8 Å². The second kappa shape index (κ2) is 7.49. The van der Waals surface area contributed by atoms with Crippen molar-refractivity contribution < 1.29 is 14.6 Å². The third-order valence-electron chi connectivity index (χ3n) is 4.58. The zero-order chi connectivity index (χ0) is 16.9. The van der Waals surface area contributed by atoms with Crippen molar-refractivity contribution in [2.75, 3.05) is 13.2 Å². The van der Waals surface area contributed by atoms with Crippen molar-refractivity contribution in [3.05, 3.63) is 71.8 Å². The van der Waals surface area contributed by atoms with Crippen LogP contribution in [0, 0.1) is 0 Å². The molecule has 126 valence electrons. The maximum absolute atomic E-state index is 12.4. The van der Waals surface area contributed by atoms with Crippen molar-refractivity contribution in [3.8, 4) is 0 Å². The summed E-state index contributed by atoms with van der Waals surface area (Å²) in [6, 6.07) is 19.8. The molecule has 4 nitrogen and oxygen atoms in total. The fourth-order valence-electron chi connectivity index (χ4n) is 3.53. The average molecular weight is 325 g/mol. The van der Waals surface area contributed by atoms with Gasteiger partial charge >= 0.3 is 6.09 Å². The normalized spacial score (nSPS) is 20.4. The van der Waals surface area contributed by atoms with Gasteiger partial charge in [-0.15, -0.1) is 0 Å². The predicted octanol–water partition coefficient (Wildman–Crippen LogP) is 3.41. The number of carbonyl (C=O) groups is 1. The lowest BCUT2D eigenvalue weighted by Crippen LogP contribution is -2.44. The first-order chi connectivity index (χ1) is 11.7. The second-order valence-electron chi connectivity index (χ2n) is 6.04. The lowest BCUT2D eigenvalue weighted by atomic mass is 9.83. The van der Waals surface area contributed by atoms with E-state index in [2.05, 4.69) is 0 Å². The molecule has 1 saturated heterocycles. The number of aliphatic hydroxyl groups excluding tert-OH is 1. The number of nitrogens with zero attached hydrogens (tertiary/aromatic N) is 1. The van der Waals surface area contributed by atoms with Crippen LogP contribution in [0.1, 0.15) is 30.4 Å². The molecular formula is C20H23NO3. The predicted molar refractivity (Wildman–Crippen MR) is 92.9 cm³/mol. The first kappa shape index (κ1) is 16.5. The van der Waals surface area contributed by atoms with Gasteiger partial charge in [0, 0.05) is 12.5 Å². The summed E-state index contributed by atoms with van der Waals surface area (Å²) in [5, 5.41) is 10.6. The Morgan fingerprint density at radius 1 is 1.12 bits per heavy atom. The highest BCUT2D eigenvalue weighted by Crippen LogP contribution is 2.36. The minimum absolute atomic E-state index is 0.0886.